The molecular weight excluding hydrogens is 344 g/mol. The number of hydrogen-bond donors (Lipinski definition) is 1. The van der Waals surface area contributed by atoms with Gasteiger partial charge >= 0.3 is 0 Å². The maximum atomic E-state index is 12.3. The quantitative estimate of drug-likeness (QED) is 0.668. The van der Waals surface area contributed by atoms with Crippen molar-refractivity contribution in [3.05, 3.63) is 59.7 Å². The Labute approximate surface area is 157 Å². The van der Waals surface area contributed by atoms with E-state index in [1.807, 2.05) is 61.0 Å². The Kier molecular flexibility index (Phi) is 5.73. The van der Waals surface area contributed by atoms with Gasteiger partial charge in [0.25, 0.3) is 0 Å². The van der Waals surface area contributed by atoms with Crippen LogP contribution in [0.25, 0.3) is 11.4 Å². The molecule has 0 spiro atoms. The molecule has 0 radical (unpaired) electrons. The summed E-state index contributed by atoms with van der Waals surface area (Å²) in [7, 11) is 1.92. The van der Waals surface area contributed by atoms with Crippen molar-refractivity contribution in [3.8, 4) is 11.4 Å². The molecule has 0 saturated carbocycles. The average molecular weight is 366 g/mol. The number of aromatic nitrogens is 3. The molecule has 2 aromatic carbocycles. The van der Waals surface area contributed by atoms with Gasteiger partial charge in [0.1, 0.15) is 0 Å². The monoisotopic (exact) mass is 366 g/mol. The van der Waals surface area contributed by atoms with Gasteiger partial charge in [0.05, 0.1) is 5.75 Å². The molecular formula is C20H22N4OS. The maximum Gasteiger partial charge on any atom is 0.234 e. The fraction of sp³-hybridized carbons (Fsp3) is 0.250. The number of rotatable bonds is 6. The number of amides is 1. The summed E-state index contributed by atoms with van der Waals surface area (Å²) >= 11 is 1.38. The highest BCUT2D eigenvalue weighted by atomic mass is 32.2. The minimum absolute atomic E-state index is 0.0454. The number of para-hydroxylation sites is 1. The van der Waals surface area contributed by atoms with Gasteiger partial charge in [0, 0.05) is 18.3 Å². The highest BCUT2D eigenvalue weighted by Gasteiger charge is 2.13. The van der Waals surface area contributed by atoms with Gasteiger partial charge in [0.2, 0.25) is 5.91 Å². The molecule has 0 fully saturated rings. The van der Waals surface area contributed by atoms with Gasteiger partial charge < -0.3 is 9.88 Å². The third-order valence-corrected chi connectivity index (χ3v) is 5.14. The highest BCUT2D eigenvalue weighted by Crippen LogP contribution is 2.23. The molecule has 5 nitrogen and oxygen atoms in total. The summed E-state index contributed by atoms with van der Waals surface area (Å²) in [6.45, 7) is 4.13. The molecule has 0 aliphatic rings. The molecule has 0 unspecified atom stereocenters. The summed E-state index contributed by atoms with van der Waals surface area (Å²) in [5.41, 5.74) is 4.20. The van der Waals surface area contributed by atoms with Gasteiger partial charge in [-0.3, -0.25) is 4.79 Å². The standard InChI is InChI=1S/C20H22N4OS/c1-4-15-9-5-6-11-17(15)21-18(25)13-26-20-23-22-19(24(20)3)16-10-7-8-14(2)12-16/h5-12H,4,13H2,1-3H3,(H,21,25). The third-order valence-electron chi connectivity index (χ3n) is 4.12. The van der Waals surface area contributed by atoms with E-state index in [4.69, 9.17) is 0 Å². The molecule has 1 amide bonds. The molecule has 0 bridgehead atoms. The fourth-order valence-electron chi connectivity index (χ4n) is 2.74. The molecule has 3 aromatic rings. The third kappa shape index (κ3) is 4.14. The highest BCUT2D eigenvalue weighted by molar-refractivity contribution is 7.99. The van der Waals surface area contributed by atoms with Crippen LogP contribution in [0.4, 0.5) is 5.69 Å². The number of hydrogen-bond acceptors (Lipinski definition) is 4. The Morgan fingerprint density at radius 3 is 2.73 bits per heavy atom. The van der Waals surface area contributed by atoms with Crippen molar-refractivity contribution in [1.29, 1.82) is 0 Å². The van der Waals surface area contributed by atoms with Gasteiger partial charge in [-0.15, -0.1) is 10.2 Å². The van der Waals surface area contributed by atoms with Crippen LogP contribution in [0.15, 0.2) is 53.7 Å². The Hall–Kier alpha value is -2.60. The molecule has 0 saturated heterocycles. The molecule has 1 N–H and O–H groups in total. The van der Waals surface area contributed by atoms with Crippen LogP contribution in [-0.2, 0) is 18.3 Å². The zero-order valence-corrected chi connectivity index (χ0v) is 16.0. The minimum Gasteiger partial charge on any atom is -0.325 e. The predicted molar refractivity (Wildman–Crippen MR) is 106 cm³/mol. The smallest absolute Gasteiger partial charge is 0.234 e. The Morgan fingerprint density at radius 2 is 1.96 bits per heavy atom. The van der Waals surface area contributed by atoms with Crippen LogP contribution in [0.5, 0.6) is 0 Å². The number of aryl methyl sites for hydroxylation is 2. The van der Waals surface area contributed by atoms with Crippen molar-refractivity contribution in [3.63, 3.8) is 0 Å². The van der Waals surface area contributed by atoms with Gasteiger partial charge in [-0.2, -0.15) is 0 Å². The van der Waals surface area contributed by atoms with E-state index in [1.165, 1.54) is 17.3 Å². The van der Waals surface area contributed by atoms with Crippen LogP contribution in [0, 0.1) is 6.92 Å². The first-order valence-electron chi connectivity index (χ1n) is 8.55. The van der Waals surface area contributed by atoms with Crippen LogP contribution in [0.1, 0.15) is 18.1 Å². The van der Waals surface area contributed by atoms with E-state index in [9.17, 15) is 4.79 Å². The number of carbonyl (C=O) groups is 1. The number of nitrogens with zero attached hydrogens (tertiary/aromatic N) is 3. The van der Waals surface area contributed by atoms with E-state index < -0.39 is 0 Å². The summed E-state index contributed by atoms with van der Waals surface area (Å²) in [5, 5.41) is 12.2. The van der Waals surface area contributed by atoms with E-state index in [1.54, 1.807) is 0 Å². The lowest BCUT2D eigenvalue weighted by Gasteiger charge is -2.09. The number of benzene rings is 2. The number of nitrogens with one attached hydrogen (secondary N) is 1. The lowest BCUT2D eigenvalue weighted by Crippen LogP contribution is -2.15. The summed E-state index contributed by atoms with van der Waals surface area (Å²) < 4.78 is 1.92. The summed E-state index contributed by atoms with van der Waals surface area (Å²) in [6.07, 6.45) is 0.882. The molecule has 6 heteroatoms. The number of carbonyl (C=O) groups excluding carboxylic acids is 1. The lowest BCUT2D eigenvalue weighted by atomic mass is 10.1. The average Bonchev–Trinajstić information content (AvgIpc) is 3.01. The van der Waals surface area contributed by atoms with Gasteiger partial charge in [-0.1, -0.05) is 60.6 Å². The van der Waals surface area contributed by atoms with Crippen molar-refractivity contribution in [2.75, 3.05) is 11.1 Å². The molecule has 0 aliphatic heterocycles. The zero-order chi connectivity index (χ0) is 18.5. The van der Waals surface area contributed by atoms with Crippen molar-refractivity contribution in [1.82, 2.24) is 14.8 Å². The minimum atomic E-state index is -0.0454. The van der Waals surface area contributed by atoms with E-state index in [-0.39, 0.29) is 11.7 Å². The molecule has 1 aromatic heterocycles. The molecule has 0 atom stereocenters. The first-order valence-corrected chi connectivity index (χ1v) is 9.54. The lowest BCUT2D eigenvalue weighted by molar-refractivity contribution is -0.113. The van der Waals surface area contributed by atoms with Gasteiger partial charge in [0.15, 0.2) is 11.0 Å². The molecule has 3 rings (SSSR count). The second-order valence-corrected chi connectivity index (χ2v) is 7.02. The maximum absolute atomic E-state index is 12.3. The topological polar surface area (TPSA) is 59.8 Å². The largest absolute Gasteiger partial charge is 0.325 e. The molecule has 0 aliphatic carbocycles. The van der Waals surface area contributed by atoms with Gasteiger partial charge in [-0.25, -0.2) is 0 Å². The van der Waals surface area contributed by atoms with Crippen molar-refractivity contribution in [2.24, 2.45) is 7.05 Å². The molecule has 26 heavy (non-hydrogen) atoms. The first kappa shape index (κ1) is 18.2. The second kappa shape index (κ2) is 8.19. The Bertz CT molecular complexity index is 920. The van der Waals surface area contributed by atoms with Crippen molar-refractivity contribution < 1.29 is 4.79 Å². The Morgan fingerprint density at radius 1 is 1.15 bits per heavy atom. The van der Waals surface area contributed by atoms with Crippen LogP contribution in [0.3, 0.4) is 0 Å². The van der Waals surface area contributed by atoms with Gasteiger partial charge in [-0.05, 0) is 31.0 Å². The molecule has 134 valence electrons. The van der Waals surface area contributed by atoms with E-state index in [2.05, 4.69) is 28.5 Å². The van der Waals surface area contributed by atoms with E-state index >= 15 is 0 Å². The Balaban J connectivity index is 1.66. The van der Waals surface area contributed by atoms with Crippen LogP contribution < -0.4 is 5.32 Å². The van der Waals surface area contributed by atoms with E-state index in [0.29, 0.717) is 0 Å². The van der Waals surface area contributed by atoms with Crippen LogP contribution in [0.2, 0.25) is 0 Å². The van der Waals surface area contributed by atoms with Crippen LogP contribution in [-0.4, -0.2) is 26.4 Å². The van der Waals surface area contributed by atoms with Crippen molar-refractivity contribution >= 4 is 23.4 Å². The number of thioether (sulfide) groups is 1. The fourth-order valence-corrected chi connectivity index (χ4v) is 3.45. The van der Waals surface area contributed by atoms with Crippen LogP contribution >= 0.6 is 11.8 Å². The normalized spacial score (nSPS) is 10.7. The summed E-state index contributed by atoms with van der Waals surface area (Å²) in [4.78, 5) is 12.3. The predicted octanol–water partition coefficient (Wildman–Crippen LogP) is 4.08. The summed E-state index contributed by atoms with van der Waals surface area (Å²) in [6, 6.07) is 16.0. The number of anilines is 1. The van der Waals surface area contributed by atoms with Crippen molar-refractivity contribution in [2.45, 2.75) is 25.4 Å². The first-order chi connectivity index (χ1) is 12.6. The van der Waals surface area contributed by atoms with E-state index in [0.717, 1.165) is 34.2 Å². The summed E-state index contributed by atoms with van der Waals surface area (Å²) in [5.74, 6) is 1.04. The zero-order valence-electron chi connectivity index (χ0n) is 15.2. The molecule has 1 heterocycles. The SMILES string of the molecule is CCc1ccccc1NC(=O)CSc1nnc(-c2cccc(C)c2)n1C. The second-order valence-electron chi connectivity index (χ2n) is 6.08.